The first-order valence-electron chi connectivity index (χ1n) is 6.26. The molecule has 110 valence electrons. The Morgan fingerprint density at radius 2 is 2.05 bits per heavy atom. The van der Waals surface area contributed by atoms with Gasteiger partial charge in [0.25, 0.3) is 0 Å². The number of nitrogens with zero attached hydrogens (tertiary/aromatic N) is 1. The molecular weight excluding hydrogens is 272 g/mol. The van der Waals surface area contributed by atoms with E-state index in [1.807, 2.05) is 0 Å². The number of hydrogen-bond donors (Lipinski definition) is 2. The molecule has 0 spiro atoms. The van der Waals surface area contributed by atoms with E-state index in [4.69, 9.17) is 5.11 Å². The van der Waals surface area contributed by atoms with E-state index in [1.165, 1.54) is 4.90 Å². The number of carboxylic acid groups (broad SMARTS) is 1. The van der Waals surface area contributed by atoms with Crippen LogP contribution < -0.4 is 5.32 Å². The van der Waals surface area contributed by atoms with Gasteiger partial charge in [0, 0.05) is 18.8 Å². The molecule has 2 amide bonds. The predicted octanol–water partition coefficient (Wildman–Crippen LogP) is -0.0743. The molecule has 0 aromatic rings. The second-order valence-corrected chi connectivity index (χ2v) is 7.18. The summed E-state index contributed by atoms with van der Waals surface area (Å²) in [7, 11) is -3.13. The highest BCUT2D eigenvalue weighted by Crippen LogP contribution is 2.23. The molecule has 1 heterocycles. The number of rotatable bonds is 5. The lowest BCUT2D eigenvalue weighted by atomic mass is 10.0. The Balaban J connectivity index is 2.52. The second kappa shape index (κ2) is 6.23. The molecule has 0 aromatic carbocycles. The molecule has 8 heteroatoms. The van der Waals surface area contributed by atoms with Crippen molar-refractivity contribution in [3.05, 3.63) is 0 Å². The van der Waals surface area contributed by atoms with Gasteiger partial charge in [0.15, 0.2) is 9.84 Å². The van der Waals surface area contributed by atoms with E-state index in [2.05, 4.69) is 5.32 Å². The normalized spacial score (nSPS) is 23.4. The molecule has 2 N–H and O–H groups in total. The zero-order chi connectivity index (χ0) is 14.6. The summed E-state index contributed by atoms with van der Waals surface area (Å²) >= 11 is 0. The van der Waals surface area contributed by atoms with Crippen LogP contribution in [0.25, 0.3) is 0 Å². The summed E-state index contributed by atoms with van der Waals surface area (Å²) < 4.78 is 22.5. The van der Waals surface area contributed by atoms with Crippen LogP contribution in [0.2, 0.25) is 0 Å². The van der Waals surface area contributed by atoms with Crippen molar-refractivity contribution >= 4 is 21.8 Å². The number of carbonyl (C=O) groups is 2. The third-order valence-corrected chi connectivity index (χ3v) is 5.05. The number of carboxylic acids is 1. The number of amides is 2. The van der Waals surface area contributed by atoms with Crippen molar-refractivity contribution in [1.29, 1.82) is 0 Å². The Morgan fingerprint density at radius 1 is 1.42 bits per heavy atom. The Kier molecular flexibility index (Phi) is 5.16. The van der Waals surface area contributed by atoms with Crippen molar-refractivity contribution < 1.29 is 23.1 Å². The van der Waals surface area contributed by atoms with Gasteiger partial charge in [-0.15, -0.1) is 0 Å². The van der Waals surface area contributed by atoms with Crippen molar-refractivity contribution in [3.63, 3.8) is 0 Å². The van der Waals surface area contributed by atoms with Gasteiger partial charge in [0.05, 0.1) is 5.75 Å². The Hall–Kier alpha value is -1.31. The molecule has 2 atom stereocenters. The molecular formula is C11H20N2O5S. The number of urea groups is 1. The highest BCUT2D eigenvalue weighted by molar-refractivity contribution is 7.91. The average molecular weight is 292 g/mol. The maximum Gasteiger partial charge on any atom is 0.326 e. The molecule has 0 radical (unpaired) electrons. The van der Waals surface area contributed by atoms with Gasteiger partial charge in [-0.2, -0.15) is 0 Å². The molecule has 0 saturated carbocycles. The van der Waals surface area contributed by atoms with Crippen LogP contribution in [0.3, 0.4) is 0 Å². The molecule has 19 heavy (non-hydrogen) atoms. The van der Waals surface area contributed by atoms with E-state index in [-0.39, 0.29) is 24.0 Å². The summed E-state index contributed by atoms with van der Waals surface area (Å²) in [5.74, 6) is -1.22. The lowest BCUT2D eigenvalue weighted by Gasteiger charge is -2.23. The Bertz CT molecular complexity index is 448. The summed E-state index contributed by atoms with van der Waals surface area (Å²) in [6.45, 7) is 3.71. The van der Waals surface area contributed by atoms with Crippen LogP contribution in [0, 0.1) is 5.92 Å². The quantitative estimate of drug-likeness (QED) is 0.738. The van der Waals surface area contributed by atoms with Crippen molar-refractivity contribution in [2.75, 3.05) is 24.6 Å². The number of nitrogens with one attached hydrogen (secondary N) is 1. The second-order valence-electron chi connectivity index (χ2n) is 4.71. The van der Waals surface area contributed by atoms with Gasteiger partial charge in [-0.1, -0.05) is 13.8 Å². The van der Waals surface area contributed by atoms with Crippen molar-refractivity contribution in [3.8, 4) is 0 Å². The van der Waals surface area contributed by atoms with E-state index in [1.54, 1.807) is 13.8 Å². The summed E-state index contributed by atoms with van der Waals surface area (Å²) in [5.41, 5.74) is 0. The zero-order valence-corrected chi connectivity index (χ0v) is 11.9. The maximum atomic E-state index is 11.8. The number of hydrogen-bond acceptors (Lipinski definition) is 4. The van der Waals surface area contributed by atoms with E-state index >= 15 is 0 Å². The topological polar surface area (TPSA) is 104 Å². The number of likely N-dealkylation sites (tertiary alicyclic amines) is 1. The molecule has 0 aromatic heterocycles. The fourth-order valence-corrected chi connectivity index (χ4v) is 2.81. The van der Waals surface area contributed by atoms with Gasteiger partial charge >= 0.3 is 12.0 Å². The van der Waals surface area contributed by atoms with Crippen LogP contribution in [-0.4, -0.2) is 61.1 Å². The summed E-state index contributed by atoms with van der Waals surface area (Å²) in [4.78, 5) is 24.2. The lowest BCUT2D eigenvalue weighted by Crippen LogP contribution is -2.48. The van der Waals surface area contributed by atoms with Crippen molar-refractivity contribution in [1.82, 2.24) is 10.2 Å². The largest absolute Gasteiger partial charge is 0.480 e. The van der Waals surface area contributed by atoms with Crippen molar-refractivity contribution in [2.45, 2.75) is 26.3 Å². The van der Waals surface area contributed by atoms with Gasteiger partial charge in [0.2, 0.25) is 0 Å². The van der Waals surface area contributed by atoms with E-state index in [0.29, 0.717) is 13.0 Å². The Labute approximate surface area is 112 Å². The number of carbonyl (C=O) groups excluding carboxylic acids is 1. The first kappa shape index (κ1) is 15.7. The van der Waals surface area contributed by atoms with Crippen LogP contribution in [0.4, 0.5) is 4.79 Å². The van der Waals surface area contributed by atoms with E-state index in [9.17, 15) is 18.0 Å². The third kappa shape index (κ3) is 4.09. The van der Waals surface area contributed by atoms with Crippen LogP contribution in [0.1, 0.15) is 20.3 Å². The molecule has 7 nitrogen and oxygen atoms in total. The highest BCUT2D eigenvalue weighted by Gasteiger charge is 2.39. The Morgan fingerprint density at radius 3 is 2.58 bits per heavy atom. The van der Waals surface area contributed by atoms with E-state index < -0.39 is 27.9 Å². The maximum absolute atomic E-state index is 11.8. The SMILES string of the molecule is CCS(=O)(=O)CCNC(=O)N1CCC(C)C1C(=O)O. The third-order valence-electron chi connectivity index (χ3n) is 3.34. The molecule has 0 bridgehead atoms. The van der Waals surface area contributed by atoms with Gasteiger partial charge in [-0.3, -0.25) is 0 Å². The minimum Gasteiger partial charge on any atom is -0.480 e. The molecule has 1 saturated heterocycles. The van der Waals surface area contributed by atoms with E-state index in [0.717, 1.165) is 0 Å². The predicted molar refractivity (Wildman–Crippen MR) is 69.6 cm³/mol. The first-order chi connectivity index (χ1) is 8.78. The molecule has 2 unspecified atom stereocenters. The van der Waals surface area contributed by atoms with Crippen LogP contribution in [-0.2, 0) is 14.6 Å². The minimum atomic E-state index is -3.13. The summed E-state index contributed by atoms with van der Waals surface area (Å²) in [6, 6.07) is -1.34. The molecule has 1 fully saturated rings. The van der Waals surface area contributed by atoms with Gasteiger partial charge in [-0.25, -0.2) is 18.0 Å². The van der Waals surface area contributed by atoms with Crippen molar-refractivity contribution in [2.24, 2.45) is 5.92 Å². The standard InChI is InChI=1S/C11H20N2O5S/c1-3-19(17,18)7-5-12-11(16)13-6-4-8(2)9(13)10(14)15/h8-9H,3-7H2,1-2H3,(H,12,16)(H,14,15). The fraction of sp³-hybridized carbons (Fsp3) is 0.818. The zero-order valence-electron chi connectivity index (χ0n) is 11.1. The average Bonchev–Trinajstić information content (AvgIpc) is 2.71. The fourth-order valence-electron chi connectivity index (χ4n) is 2.11. The van der Waals surface area contributed by atoms with Crippen LogP contribution in [0.5, 0.6) is 0 Å². The number of sulfone groups is 1. The summed E-state index contributed by atoms with van der Waals surface area (Å²) in [5, 5.41) is 11.5. The highest BCUT2D eigenvalue weighted by atomic mass is 32.2. The van der Waals surface area contributed by atoms with Gasteiger partial charge < -0.3 is 15.3 Å². The molecule has 1 rings (SSSR count). The molecule has 1 aliphatic rings. The molecule has 0 aliphatic carbocycles. The van der Waals surface area contributed by atoms with Gasteiger partial charge in [-0.05, 0) is 12.3 Å². The summed E-state index contributed by atoms with van der Waals surface area (Å²) in [6.07, 6.45) is 0.637. The minimum absolute atomic E-state index is 0.00618. The number of aliphatic carboxylic acids is 1. The smallest absolute Gasteiger partial charge is 0.326 e. The lowest BCUT2D eigenvalue weighted by molar-refractivity contribution is -0.142. The first-order valence-corrected chi connectivity index (χ1v) is 8.08. The van der Waals surface area contributed by atoms with Crippen LogP contribution in [0.15, 0.2) is 0 Å². The monoisotopic (exact) mass is 292 g/mol. The van der Waals surface area contributed by atoms with Crippen LogP contribution >= 0.6 is 0 Å². The molecule has 1 aliphatic heterocycles. The van der Waals surface area contributed by atoms with Gasteiger partial charge in [0.1, 0.15) is 6.04 Å².